The summed E-state index contributed by atoms with van der Waals surface area (Å²) in [4.78, 5) is 10.2. The molecule has 0 aromatic heterocycles. The van der Waals surface area contributed by atoms with Crippen LogP contribution < -0.4 is 18.1 Å². The van der Waals surface area contributed by atoms with Crippen molar-refractivity contribution in [2.24, 2.45) is 5.73 Å². The highest BCUT2D eigenvalue weighted by Gasteiger charge is 2.03. The van der Waals surface area contributed by atoms with Crippen molar-refractivity contribution >= 4 is 5.97 Å². The van der Waals surface area contributed by atoms with Crippen molar-refractivity contribution in [3.8, 4) is 0 Å². The maximum Gasteiger partial charge on any atom is 0.322 e. The monoisotopic (exact) mass is 138 g/mol. The summed E-state index contributed by atoms with van der Waals surface area (Å²) < 4.78 is 4.25. The number of ether oxygens (including phenoxy) is 1. The molecule has 0 aromatic rings. The van der Waals surface area contributed by atoms with E-state index in [1.165, 1.54) is 7.11 Å². The number of halogens is 1. The highest BCUT2D eigenvalue weighted by atomic mass is 35.5. The Hall–Kier alpha value is -0.280. The number of methoxy groups -OCH3 is 1. The Morgan fingerprint density at radius 2 is 2.12 bits per heavy atom. The quantitative estimate of drug-likeness (QED) is 0.383. The number of hydrogen-bond acceptors (Lipinski definition) is 3. The van der Waals surface area contributed by atoms with E-state index in [1.807, 2.05) is 0 Å². The first kappa shape index (κ1) is 10.7. The first-order chi connectivity index (χ1) is 3.18. The molecule has 0 saturated carbocycles. The predicted molar refractivity (Wildman–Crippen MR) is 25.7 cm³/mol. The molecule has 0 bridgehead atoms. The summed E-state index contributed by atoms with van der Waals surface area (Å²) >= 11 is 0. The van der Waals surface area contributed by atoms with Crippen LogP contribution in [-0.4, -0.2) is 19.1 Å². The molecule has 4 heteroatoms. The van der Waals surface area contributed by atoms with E-state index in [9.17, 15) is 4.79 Å². The summed E-state index contributed by atoms with van der Waals surface area (Å²) in [5.41, 5.74) is 5.07. The van der Waals surface area contributed by atoms with Gasteiger partial charge in [-0.2, -0.15) is 0 Å². The Bertz CT molecular complexity index is 74.4. The fourth-order valence-corrected chi connectivity index (χ4v) is 0.186. The van der Waals surface area contributed by atoms with E-state index in [2.05, 4.69) is 4.74 Å². The van der Waals surface area contributed by atoms with Gasteiger partial charge >= 0.3 is 5.97 Å². The molecule has 0 aliphatic heterocycles. The van der Waals surface area contributed by atoms with Crippen LogP contribution in [0, 0.1) is 0 Å². The molecule has 0 spiro atoms. The summed E-state index contributed by atoms with van der Waals surface area (Å²) in [5.74, 6) is -0.375. The number of carbonyl (C=O) groups excluding carboxylic acids is 1. The second-order valence-corrected chi connectivity index (χ2v) is 1.31. The van der Waals surface area contributed by atoms with E-state index in [0.29, 0.717) is 0 Å². The van der Waals surface area contributed by atoms with Crippen LogP contribution in [0.1, 0.15) is 6.92 Å². The van der Waals surface area contributed by atoms with Crippen LogP contribution in [0.2, 0.25) is 0 Å². The van der Waals surface area contributed by atoms with Gasteiger partial charge in [0.25, 0.3) is 0 Å². The van der Waals surface area contributed by atoms with Crippen molar-refractivity contribution in [2.75, 3.05) is 7.11 Å². The van der Waals surface area contributed by atoms with Gasteiger partial charge in [0, 0.05) is 0 Å². The first-order valence-electron chi connectivity index (χ1n) is 2.02. The lowest BCUT2D eigenvalue weighted by Crippen LogP contribution is -3.00. The van der Waals surface area contributed by atoms with Gasteiger partial charge < -0.3 is 22.9 Å². The van der Waals surface area contributed by atoms with Gasteiger partial charge in [0.2, 0.25) is 0 Å². The minimum atomic E-state index is -0.495. The van der Waals surface area contributed by atoms with Gasteiger partial charge in [0.1, 0.15) is 6.04 Å². The molecule has 2 N–H and O–H groups in total. The number of carbonyl (C=O) groups is 1. The fraction of sp³-hybridized carbons (Fsp3) is 0.750. The first-order valence-corrected chi connectivity index (χ1v) is 2.02. The van der Waals surface area contributed by atoms with Crippen LogP contribution in [-0.2, 0) is 9.53 Å². The summed E-state index contributed by atoms with van der Waals surface area (Å²) in [7, 11) is 1.31. The molecular formula is C4H9ClNO2-. The van der Waals surface area contributed by atoms with Gasteiger partial charge in [0.15, 0.2) is 0 Å². The minimum Gasteiger partial charge on any atom is -1.00 e. The molecule has 1 atom stereocenters. The van der Waals surface area contributed by atoms with Crippen molar-refractivity contribution in [1.82, 2.24) is 0 Å². The number of rotatable bonds is 1. The molecule has 0 saturated heterocycles. The summed E-state index contributed by atoms with van der Waals surface area (Å²) in [5, 5.41) is 0. The van der Waals surface area contributed by atoms with Crippen LogP contribution in [0.3, 0.4) is 0 Å². The Balaban J connectivity index is 0. The fourth-order valence-electron chi connectivity index (χ4n) is 0.186. The zero-order chi connectivity index (χ0) is 5.86. The van der Waals surface area contributed by atoms with Crippen molar-refractivity contribution in [1.29, 1.82) is 0 Å². The Morgan fingerprint density at radius 1 is 1.75 bits per heavy atom. The van der Waals surface area contributed by atoms with Gasteiger partial charge in [-0.05, 0) is 6.92 Å². The van der Waals surface area contributed by atoms with Crippen molar-refractivity contribution in [2.45, 2.75) is 13.0 Å². The van der Waals surface area contributed by atoms with Crippen LogP contribution in [0.4, 0.5) is 0 Å². The average molecular weight is 139 g/mol. The zero-order valence-electron chi connectivity index (χ0n) is 4.85. The number of nitrogens with two attached hydrogens (primary N) is 1. The molecule has 3 nitrogen and oxygen atoms in total. The molecule has 1 unspecified atom stereocenters. The van der Waals surface area contributed by atoms with E-state index in [1.54, 1.807) is 6.92 Å². The normalized spacial score (nSPS) is 11.4. The molecule has 0 heterocycles. The maximum absolute atomic E-state index is 10.2. The second kappa shape index (κ2) is 4.87. The van der Waals surface area contributed by atoms with Gasteiger partial charge in [-0.3, -0.25) is 4.79 Å². The van der Waals surface area contributed by atoms with Gasteiger partial charge in [-0.1, -0.05) is 0 Å². The molecule has 0 rings (SSSR count). The van der Waals surface area contributed by atoms with E-state index in [4.69, 9.17) is 5.73 Å². The second-order valence-electron chi connectivity index (χ2n) is 1.31. The van der Waals surface area contributed by atoms with Gasteiger partial charge in [-0.15, -0.1) is 0 Å². The molecule has 8 heavy (non-hydrogen) atoms. The number of hydrogen-bond donors (Lipinski definition) is 1. The lowest BCUT2D eigenvalue weighted by Gasteiger charge is -1.98. The molecule has 0 amide bonds. The SMILES string of the molecule is COC(=O)C(C)N.[Cl-]. The Kier molecular flexibility index (Phi) is 6.48. The standard InChI is InChI=1S/C4H9NO2.ClH/c1-3(5)4(6)7-2;/h3H,5H2,1-2H3;1H/p-1. The van der Waals surface area contributed by atoms with Gasteiger partial charge in [0.05, 0.1) is 7.11 Å². The van der Waals surface area contributed by atoms with Crippen LogP contribution in [0.5, 0.6) is 0 Å². The lowest BCUT2D eigenvalue weighted by molar-refractivity contribution is -0.141. The summed E-state index contributed by atoms with van der Waals surface area (Å²) in [6.45, 7) is 1.58. The van der Waals surface area contributed by atoms with Crippen LogP contribution >= 0.6 is 0 Å². The lowest BCUT2D eigenvalue weighted by atomic mass is 10.4. The molecule has 50 valence electrons. The van der Waals surface area contributed by atoms with Crippen molar-refractivity contribution < 1.29 is 21.9 Å². The summed E-state index contributed by atoms with van der Waals surface area (Å²) in [6, 6.07) is -0.495. The predicted octanol–water partition coefficient (Wildman–Crippen LogP) is -3.49. The highest BCUT2D eigenvalue weighted by molar-refractivity contribution is 5.74. The third-order valence-corrected chi connectivity index (χ3v) is 0.573. The van der Waals surface area contributed by atoms with Crippen LogP contribution in [0.15, 0.2) is 0 Å². The highest BCUT2D eigenvalue weighted by Crippen LogP contribution is 1.76. The van der Waals surface area contributed by atoms with Gasteiger partial charge in [-0.25, -0.2) is 0 Å². The smallest absolute Gasteiger partial charge is 0.322 e. The topological polar surface area (TPSA) is 52.3 Å². The third kappa shape index (κ3) is 3.89. The number of esters is 1. The Labute approximate surface area is 54.6 Å². The van der Waals surface area contributed by atoms with E-state index in [-0.39, 0.29) is 18.4 Å². The van der Waals surface area contributed by atoms with Crippen LogP contribution in [0.25, 0.3) is 0 Å². The van der Waals surface area contributed by atoms with Crippen molar-refractivity contribution in [3.05, 3.63) is 0 Å². The third-order valence-electron chi connectivity index (χ3n) is 0.573. The molecule has 0 radical (unpaired) electrons. The minimum absolute atomic E-state index is 0. The maximum atomic E-state index is 10.2. The molecule has 0 aliphatic carbocycles. The van der Waals surface area contributed by atoms with E-state index < -0.39 is 6.04 Å². The Morgan fingerprint density at radius 3 is 2.12 bits per heavy atom. The van der Waals surface area contributed by atoms with E-state index in [0.717, 1.165) is 0 Å². The molecule has 0 aromatic carbocycles. The summed E-state index contributed by atoms with van der Waals surface area (Å²) in [6.07, 6.45) is 0. The molecule has 0 fully saturated rings. The molecular weight excluding hydrogens is 130 g/mol. The zero-order valence-corrected chi connectivity index (χ0v) is 5.61. The average Bonchev–Trinajstić information content (AvgIpc) is 1.65. The largest absolute Gasteiger partial charge is 1.00 e. The molecule has 0 aliphatic rings. The van der Waals surface area contributed by atoms with Crippen molar-refractivity contribution in [3.63, 3.8) is 0 Å². The van der Waals surface area contributed by atoms with E-state index >= 15 is 0 Å².